The van der Waals surface area contributed by atoms with Gasteiger partial charge >= 0.3 is 0 Å². The highest BCUT2D eigenvalue weighted by atomic mass is 16.5. The molecule has 0 aliphatic rings. The number of furan rings is 1. The average molecular weight is 253 g/mol. The number of benzene rings is 2. The second-order valence-electron chi connectivity index (χ2n) is 4.31. The molecular weight excluding hydrogens is 238 g/mol. The van der Waals surface area contributed by atoms with Crippen molar-refractivity contribution in [2.45, 2.75) is 13.2 Å². The molecule has 1 aromatic heterocycles. The number of hydrogen-bond donors (Lipinski definition) is 1. The summed E-state index contributed by atoms with van der Waals surface area (Å²) in [5, 5.41) is 1.07. The van der Waals surface area contributed by atoms with Crippen molar-refractivity contribution in [2.24, 2.45) is 5.73 Å². The molecule has 1 heterocycles. The fraction of sp³-hybridized carbons (Fsp3) is 0.125. The normalized spacial score (nSPS) is 10.8. The van der Waals surface area contributed by atoms with Crippen LogP contribution in [0.2, 0.25) is 0 Å². The van der Waals surface area contributed by atoms with Crippen LogP contribution in [0.5, 0.6) is 5.75 Å². The van der Waals surface area contributed by atoms with Crippen molar-refractivity contribution in [3.8, 4) is 5.75 Å². The first-order valence-corrected chi connectivity index (χ1v) is 6.25. The van der Waals surface area contributed by atoms with Gasteiger partial charge in [-0.25, -0.2) is 0 Å². The minimum atomic E-state index is 0.377. The van der Waals surface area contributed by atoms with E-state index in [-0.39, 0.29) is 0 Å². The molecule has 0 atom stereocenters. The van der Waals surface area contributed by atoms with Crippen molar-refractivity contribution in [3.63, 3.8) is 0 Å². The SMILES string of the molecule is NCc1oc2ccccc2c1COc1ccccc1. The Bertz CT molecular complexity index is 674. The van der Waals surface area contributed by atoms with Gasteiger partial charge in [-0.1, -0.05) is 36.4 Å². The molecule has 0 saturated carbocycles. The molecular formula is C16H15NO2. The summed E-state index contributed by atoms with van der Waals surface area (Å²) in [6, 6.07) is 17.7. The van der Waals surface area contributed by atoms with Crippen LogP contribution in [0.4, 0.5) is 0 Å². The van der Waals surface area contributed by atoms with E-state index in [1.807, 2.05) is 54.6 Å². The monoisotopic (exact) mass is 253 g/mol. The van der Waals surface area contributed by atoms with Gasteiger partial charge in [0.2, 0.25) is 0 Å². The van der Waals surface area contributed by atoms with Crippen LogP contribution in [0.25, 0.3) is 11.0 Å². The Morgan fingerprint density at radius 2 is 1.68 bits per heavy atom. The summed E-state index contributed by atoms with van der Waals surface area (Å²) in [5.74, 6) is 1.63. The maximum atomic E-state index is 5.79. The van der Waals surface area contributed by atoms with Crippen LogP contribution in [-0.4, -0.2) is 0 Å². The minimum Gasteiger partial charge on any atom is -0.489 e. The van der Waals surface area contributed by atoms with Crippen LogP contribution in [0.3, 0.4) is 0 Å². The Kier molecular flexibility index (Phi) is 3.21. The molecule has 2 N–H and O–H groups in total. The van der Waals surface area contributed by atoms with Crippen molar-refractivity contribution < 1.29 is 9.15 Å². The molecule has 19 heavy (non-hydrogen) atoms. The molecule has 0 amide bonds. The maximum absolute atomic E-state index is 5.79. The van der Waals surface area contributed by atoms with Gasteiger partial charge in [-0.15, -0.1) is 0 Å². The smallest absolute Gasteiger partial charge is 0.134 e. The van der Waals surface area contributed by atoms with Crippen LogP contribution in [0.15, 0.2) is 59.0 Å². The highest BCUT2D eigenvalue weighted by Crippen LogP contribution is 2.26. The van der Waals surface area contributed by atoms with Crippen LogP contribution >= 0.6 is 0 Å². The molecule has 0 radical (unpaired) electrons. The third kappa shape index (κ3) is 2.33. The van der Waals surface area contributed by atoms with E-state index in [0.29, 0.717) is 13.2 Å². The third-order valence-corrected chi connectivity index (χ3v) is 3.09. The average Bonchev–Trinajstić information content (AvgIpc) is 2.84. The lowest BCUT2D eigenvalue weighted by atomic mass is 10.1. The molecule has 0 aliphatic carbocycles. The number of rotatable bonds is 4. The van der Waals surface area contributed by atoms with Gasteiger partial charge in [0.15, 0.2) is 0 Å². The third-order valence-electron chi connectivity index (χ3n) is 3.09. The van der Waals surface area contributed by atoms with Crippen LogP contribution in [0.1, 0.15) is 11.3 Å². The molecule has 3 nitrogen and oxygen atoms in total. The standard InChI is InChI=1S/C16H15NO2/c17-10-16-14(11-18-12-6-2-1-3-7-12)13-8-4-5-9-15(13)19-16/h1-9H,10-11,17H2. The lowest BCUT2D eigenvalue weighted by Crippen LogP contribution is -2.02. The van der Waals surface area contributed by atoms with Crippen LogP contribution < -0.4 is 10.5 Å². The van der Waals surface area contributed by atoms with Gasteiger partial charge in [-0.05, 0) is 18.2 Å². The Balaban J connectivity index is 1.91. The summed E-state index contributed by atoms with van der Waals surface area (Å²) in [5.41, 5.74) is 7.62. The van der Waals surface area contributed by atoms with E-state index >= 15 is 0 Å². The number of fused-ring (bicyclic) bond motifs is 1. The number of hydrogen-bond acceptors (Lipinski definition) is 3. The van der Waals surface area contributed by atoms with Crippen LogP contribution in [-0.2, 0) is 13.2 Å². The van der Waals surface area contributed by atoms with Gasteiger partial charge in [-0.3, -0.25) is 0 Å². The zero-order valence-electron chi connectivity index (χ0n) is 10.5. The van der Waals surface area contributed by atoms with E-state index < -0.39 is 0 Å². The Hall–Kier alpha value is -2.26. The molecule has 0 unspecified atom stereocenters. The van der Waals surface area contributed by atoms with Gasteiger partial charge in [-0.2, -0.15) is 0 Å². The quantitative estimate of drug-likeness (QED) is 0.774. The van der Waals surface area contributed by atoms with E-state index in [2.05, 4.69) is 0 Å². The molecule has 0 spiro atoms. The Labute approximate surface area is 111 Å². The van der Waals surface area contributed by atoms with Crippen molar-refractivity contribution in [1.82, 2.24) is 0 Å². The van der Waals surface area contributed by atoms with E-state index in [0.717, 1.165) is 28.0 Å². The van der Waals surface area contributed by atoms with Gasteiger partial charge < -0.3 is 14.9 Å². The largest absolute Gasteiger partial charge is 0.489 e. The summed E-state index contributed by atoms with van der Waals surface area (Å²) in [4.78, 5) is 0. The van der Waals surface area contributed by atoms with Gasteiger partial charge in [0, 0.05) is 10.9 Å². The molecule has 0 aliphatic heterocycles. The molecule has 0 bridgehead atoms. The van der Waals surface area contributed by atoms with Crippen molar-refractivity contribution in [1.29, 1.82) is 0 Å². The predicted octanol–water partition coefficient (Wildman–Crippen LogP) is 3.47. The zero-order valence-corrected chi connectivity index (χ0v) is 10.5. The van der Waals surface area contributed by atoms with Crippen molar-refractivity contribution in [3.05, 3.63) is 65.9 Å². The number of ether oxygens (including phenoxy) is 1. The highest BCUT2D eigenvalue weighted by Gasteiger charge is 2.12. The number of nitrogens with two attached hydrogens (primary N) is 1. The maximum Gasteiger partial charge on any atom is 0.134 e. The van der Waals surface area contributed by atoms with Gasteiger partial charge in [0.05, 0.1) is 6.54 Å². The predicted molar refractivity (Wildman–Crippen MR) is 74.9 cm³/mol. The summed E-state index contributed by atoms with van der Waals surface area (Å²) < 4.78 is 11.5. The van der Waals surface area contributed by atoms with E-state index in [4.69, 9.17) is 14.9 Å². The molecule has 0 saturated heterocycles. The van der Waals surface area contributed by atoms with E-state index in [1.54, 1.807) is 0 Å². The van der Waals surface area contributed by atoms with Crippen LogP contribution in [0, 0.1) is 0 Å². The van der Waals surface area contributed by atoms with E-state index in [9.17, 15) is 0 Å². The van der Waals surface area contributed by atoms with Gasteiger partial charge in [0.25, 0.3) is 0 Å². The lowest BCUT2D eigenvalue weighted by molar-refractivity contribution is 0.303. The summed E-state index contributed by atoms with van der Waals surface area (Å²) >= 11 is 0. The highest BCUT2D eigenvalue weighted by molar-refractivity contribution is 5.82. The molecule has 96 valence electrons. The topological polar surface area (TPSA) is 48.4 Å². The first-order valence-electron chi connectivity index (χ1n) is 6.25. The first-order chi connectivity index (χ1) is 9.38. The Morgan fingerprint density at radius 1 is 0.947 bits per heavy atom. The molecule has 0 fully saturated rings. The second kappa shape index (κ2) is 5.16. The Morgan fingerprint density at radius 3 is 2.47 bits per heavy atom. The summed E-state index contributed by atoms with van der Waals surface area (Å²) in [7, 11) is 0. The fourth-order valence-corrected chi connectivity index (χ4v) is 2.14. The molecule has 2 aromatic carbocycles. The zero-order chi connectivity index (χ0) is 13.1. The second-order valence-corrected chi connectivity index (χ2v) is 4.31. The lowest BCUT2D eigenvalue weighted by Gasteiger charge is -2.06. The fourth-order valence-electron chi connectivity index (χ4n) is 2.14. The minimum absolute atomic E-state index is 0.377. The first kappa shape index (κ1) is 11.8. The summed E-state index contributed by atoms with van der Waals surface area (Å²) in [6.07, 6.45) is 0. The molecule has 3 aromatic rings. The van der Waals surface area contributed by atoms with Crippen molar-refractivity contribution >= 4 is 11.0 Å². The summed E-state index contributed by atoms with van der Waals surface area (Å²) in [6.45, 7) is 0.843. The molecule has 3 heteroatoms. The molecule has 3 rings (SSSR count). The van der Waals surface area contributed by atoms with Crippen molar-refractivity contribution in [2.75, 3.05) is 0 Å². The van der Waals surface area contributed by atoms with Gasteiger partial charge in [0.1, 0.15) is 23.7 Å². The number of para-hydroxylation sites is 2. The van der Waals surface area contributed by atoms with E-state index in [1.165, 1.54) is 0 Å².